The van der Waals surface area contributed by atoms with Crippen LogP contribution in [0.25, 0.3) is 16.6 Å². The van der Waals surface area contributed by atoms with Crippen molar-refractivity contribution in [1.82, 2.24) is 24.8 Å². The van der Waals surface area contributed by atoms with Crippen LogP contribution in [-0.2, 0) is 0 Å². The predicted octanol–water partition coefficient (Wildman–Crippen LogP) is 2.99. The van der Waals surface area contributed by atoms with Gasteiger partial charge in [0.25, 0.3) is 5.56 Å². The fraction of sp³-hybridized carbons (Fsp3) is 0.273. The number of aromatic amines is 1. The third-order valence-corrected chi connectivity index (χ3v) is 4.60. The number of hydrogen-bond donors (Lipinski definition) is 3. The summed E-state index contributed by atoms with van der Waals surface area (Å²) < 4.78 is 7.59. The number of H-pyrrole nitrogens is 1. The van der Waals surface area contributed by atoms with E-state index in [0.29, 0.717) is 22.9 Å². The van der Waals surface area contributed by atoms with Gasteiger partial charge in [-0.1, -0.05) is 0 Å². The second kappa shape index (κ2) is 7.84. The number of hydrogen-bond acceptors (Lipinski definition) is 7. The van der Waals surface area contributed by atoms with Gasteiger partial charge < -0.3 is 15.2 Å². The highest BCUT2D eigenvalue weighted by Crippen LogP contribution is 2.32. The molecule has 31 heavy (non-hydrogen) atoms. The number of anilines is 2. The lowest BCUT2D eigenvalue weighted by molar-refractivity contribution is 0.0286. The molecule has 3 N–H and O–H groups in total. The zero-order valence-corrected chi connectivity index (χ0v) is 17.8. The number of aliphatic hydroxyl groups is 1. The molecule has 160 valence electrons. The second-order valence-electron chi connectivity index (χ2n) is 8.13. The number of rotatable bonds is 6. The lowest BCUT2D eigenvalue weighted by atomic mass is 10.1. The van der Waals surface area contributed by atoms with Crippen molar-refractivity contribution < 1.29 is 9.84 Å². The average Bonchev–Trinajstić information content (AvgIpc) is 3.10. The van der Waals surface area contributed by atoms with Gasteiger partial charge in [0, 0.05) is 29.1 Å². The number of aryl methyl sites for hydroxylation is 2. The van der Waals surface area contributed by atoms with Gasteiger partial charge in [-0.3, -0.25) is 9.78 Å². The molecule has 0 saturated carbocycles. The largest absolute Gasteiger partial charge is 0.488 e. The van der Waals surface area contributed by atoms with Crippen molar-refractivity contribution in [3.8, 4) is 16.9 Å². The van der Waals surface area contributed by atoms with Gasteiger partial charge in [0.1, 0.15) is 12.4 Å². The van der Waals surface area contributed by atoms with E-state index < -0.39 is 5.60 Å². The van der Waals surface area contributed by atoms with Gasteiger partial charge in [-0.05, 0) is 57.5 Å². The van der Waals surface area contributed by atoms with Crippen molar-refractivity contribution in [2.24, 2.45) is 0 Å². The van der Waals surface area contributed by atoms with Gasteiger partial charge >= 0.3 is 0 Å². The molecule has 0 radical (unpaired) electrons. The van der Waals surface area contributed by atoms with E-state index in [9.17, 15) is 9.90 Å². The van der Waals surface area contributed by atoms with Crippen LogP contribution in [0.4, 0.5) is 11.6 Å². The number of aromatic nitrogens is 5. The monoisotopic (exact) mass is 420 g/mol. The van der Waals surface area contributed by atoms with Gasteiger partial charge in [0.05, 0.1) is 17.3 Å². The summed E-state index contributed by atoms with van der Waals surface area (Å²) in [4.78, 5) is 15.8. The summed E-state index contributed by atoms with van der Waals surface area (Å²) in [5.41, 5.74) is 2.94. The Bertz CT molecular complexity index is 1300. The predicted molar refractivity (Wildman–Crippen MR) is 118 cm³/mol. The molecule has 0 aliphatic rings. The summed E-state index contributed by atoms with van der Waals surface area (Å²) in [5.74, 6) is 1.70. The topological polar surface area (TPSA) is 117 Å². The van der Waals surface area contributed by atoms with E-state index >= 15 is 0 Å². The van der Waals surface area contributed by atoms with Crippen LogP contribution in [0.2, 0.25) is 0 Å². The van der Waals surface area contributed by atoms with E-state index in [1.807, 2.05) is 37.4 Å². The molecule has 9 heteroatoms. The molecule has 0 bridgehead atoms. The van der Waals surface area contributed by atoms with Crippen LogP contribution in [0.5, 0.6) is 5.75 Å². The standard InChI is InChI=1S/C22H24N6O3/c1-13-7-19(25-26-21(13)29)24-20-10-16-9-15(5-6-28(16)27-20)17-8-14(2)23-11-18(17)31-12-22(3,4)30/h5-11,30H,12H2,1-4H3,(H,26,29)(H,24,25,27). The van der Waals surface area contributed by atoms with E-state index in [0.717, 1.165) is 22.3 Å². The normalized spacial score (nSPS) is 11.6. The Morgan fingerprint density at radius 2 is 2.00 bits per heavy atom. The quantitative estimate of drug-likeness (QED) is 0.439. The third-order valence-electron chi connectivity index (χ3n) is 4.60. The van der Waals surface area contributed by atoms with Crippen LogP contribution in [0.3, 0.4) is 0 Å². The zero-order chi connectivity index (χ0) is 22.2. The molecule has 0 saturated heterocycles. The SMILES string of the molecule is Cc1cc(-c2ccn3nc(Nc4cc(C)c(=O)[nH]n4)cc3c2)c(OCC(C)(C)O)cn1. The Kier molecular flexibility index (Phi) is 5.20. The lowest BCUT2D eigenvalue weighted by Gasteiger charge is -2.19. The number of nitrogens with zero attached hydrogens (tertiary/aromatic N) is 4. The van der Waals surface area contributed by atoms with Crippen molar-refractivity contribution in [2.75, 3.05) is 11.9 Å². The molecule has 0 unspecified atom stereocenters. The molecule has 4 heterocycles. The Labute approximate surface area is 178 Å². The fourth-order valence-electron chi connectivity index (χ4n) is 3.06. The number of ether oxygens (including phenoxy) is 1. The Morgan fingerprint density at radius 3 is 2.74 bits per heavy atom. The molecule has 0 aliphatic carbocycles. The first-order valence-electron chi connectivity index (χ1n) is 9.83. The third kappa shape index (κ3) is 4.72. The van der Waals surface area contributed by atoms with Crippen LogP contribution in [0.1, 0.15) is 25.1 Å². The molecular weight excluding hydrogens is 396 g/mol. The van der Waals surface area contributed by atoms with Crippen LogP contribution in [0, 0.1) is 13.8 Å². The number of pyridine rings is 2. The molecule has 0 spiro atoms. The molecule has 0 aliphatic heterocycles. The second-order valence-corrected chi connectivity index (χ2v) is 8.13. The minimum Gasteiger partial charge on any atom is -0.488 e. The number of fused-ring (bicyclic) bond motifs is 1. The summed E-state index contributed by atoms with van der Waals surface area (Å²) in [6.07, 6.45) is 3.53. The van der Waals surface area contributed by atoms with E-state index in [1.165, 1.54) is 0 Å². The molecule has 4 aromatic rings. The van der Waals surface area contributed by atoms with Gasteiger partial charge in [-0.2, -0.15) is 10.2 Å². The molecule has 4 rings (SSSR count). The van der Waals surface area contributed by atoms with Crippen molar-refractivity contribution in [3.63, 3.8) is 0 Å². The van der Waals surface area contributed by atoms with E-state index in [-0.39, 0.29) is 12.2 Å². The van der Waals surface area contributed by atoms with Crippen molar-refractivity contribution in [3.05, 3.63) is 64.3 Å². The van der Waals surface area contributed by atoms with E-state index in [2.05, 4.69) is 25.6 Å². The van der Waals surface area contributed by atoms with Crippen LogP contribution < -0.4 is 15.6 Å². The van der Waals surface area contributed by atoms with Crippen molar-refractivity contribution in [1.29, 1.82) is 0 Å². The summed E-state index contributed by atoms with van der Waals surface area (Å²) in [6.45, 7) is 7.18. The van der Waals surface area contributed by atoms with Gasteiger partial charge in [0.15, 0.2) is 11.6 Å². The molecule has 0 fully saturated rings. The highest BCUT2D eigenvalue weighted by Gasteiger charge is 2.16. The summed E-state index contributed by atoms with van der Waals surface area (Å²) in [6, 6.07) is 9.44. The van der Waals surface area contributed by atoms with Crippen LogP contribution in [-0.4, -0.2) is 42.1 Å². The Hall–Kier alpha value is -3.72. The fourth-order valence-corrected chi connectivity index (χ4v) is 3.06. The molecule has 9 nitrogen and oxygen atoms in total. The van der Waals surface area contributed by atoms with Crippen molar-refractivity contribution in [2.45, 2.75) is 33.3 Å². The highest BCUT2D eigenvalue weighted by molar-refractivity contribution is 5.75. The molecular formula is C22H24N6O3. The highest BCUT2D eigenvalue weighted by atomic mass is 16.5. The molecule has 4 aromatic heterocycles. The van der Waals surface area contributed by atoms with Gasteiger partial charge in [-0.25, -0.2) is 9.61 Å². The maximum atomic E-state index is 11.5. The smallest absolute Gasteiger partial charge is 0.267 e. The summed E-state index contributed by atoms with van der Waals surface area (Å²) in [7, 11) is 0. The zero-order valence-electron chi connectivity index (χ0n) is 17.8. The minimum absolute atomic E-state index is 0.152. The molecule has 0 aromatic carbocycles. The maximum Gasteiger partial charge on any atom is 0.267 e. The Balaban J connectivity index is 1.66. The van der Waals surface area contributed by atoms with Crippen LogP contribution >= 0.6 is 0 Å². The first kappa shape index (κ1) is 20.5. The van der Waals surface area contributed by atoms with E-state index in [1.54, 1.807) is 37.5 Å². The van der Waals surface area contributed by atoms with Crippen LogP contribution in [0.15, 0.2) is 47.5 Å². The average molecular weight is 420 g/mol. The number of nitrogens with one attached hydrogen (secondary N) is 2. The Morgan fingerprint density at radius 1 is 1.19 bits per heavy atom. The van der Waals surface area contributed by atoms with Gasteiger partial charge in [0.2, 0.25) is 0 Å². The summed E-state index contributed by atoms with van der Waals surface area (Å²) in [5, 5.41) is 24.0. The first-order chi connectivity index (χ1) is 14.7. The van der Waals surface area contributed by atoms with E-state index in [4.69, 9.17) is 4.74 Å². The van der Waals surface area contributed by atoms with Gasteiger partial charge in [-0.15, -0.1) is 0 Å². The molecule has 0 amide bonds. The summed E-state index contributed by atoms with van der Waals surface area (Å²) >= 11 is 0. The lowest BCUT2D eigenvalue weighted by Crippen LogP contribution is -2.28. The first-order valence-corrected chi connectivity index (χ1v) is 9.83. The maximum absolute atomic E-state index is 11.5. The van der Waals surface area contributed by atoms with Crippen molar-refractivity contribution >= 4 is 17.2 Å². The minimum atomic E-state index is -0.952. The molecule has 0 atom stereocenters.